The van der Waals surface area contributed by atoms with Gasteiger partial charge in [0.1, 0.15) is 11.2 Å². The maximum atomic E-state index is 9.75. The van der Waals surface area contributed by atoms with Gasteiger partial charge in [-0.25, -0.2) is 0 Å². The van der Waals surface area contributed by atoms with Gasteiger partial charge >= 0.3 is 0 Å². The van der Waals surface area contributed by atoms with Crippen LogP contribution < -0.4 is 4.90 Å². The van der Waals surface area contributed by atoms with E-state index >= 15 is 0 Å². The molecule has 0 N–H and O–H groups in total. The molecule has 3 heteroatoms. The van der Waals surface area contributed by atoms with Crippen LogP contribution in [0.1, 0.15) is 41.7 Å². The van der Waals surface area contributed by atoms with Crippen molar-refractivity contribution in [1.82, 2.24) is 0 Å². The fourth-order valence-electron chi connectivity index (χ4n) is 7.13. The quantitative estimate of drug-likeness (QED) is 0.218. The summed E-state index contributed by atoms with van der Waals surface area (Å²) in [4.78, 5) is 2.37. The van der Waals surface area contributed by atoms with Crippen molar-refractivity contribution in [2.24, 2.45) is 0 Å². The normalized spacial score (nSPS) is 13.3. The lowest BCUT2D eigenvalue weighted by atomic mass is 9.81. The second-order valence-corrected chi connectivity index (χ2v) is 12.2. The predicted molar refractivity (Wildman–Crippen MR) is 178 cm³/mol. The number of rotatable bonds is 3. The van der Waals surface area contributed by atoms with E-state index in [2.05, 4.69) is 117 Å². The summed E-state index contributed by atoms with van der Waals surface area (Å²) in [5.74, 6) is 0. The Labute approximate surface area is 251 Å². The smallest absolute Gasteiger partial charge is 0.137 e. The van der Waals surface area contributed by atoms with Gasteiger partial charge in [0, 0.05) is 21.9 Å². The Morgan fingerprint density at radius 3 is 2.21 bits per heavy atom. The highest BCUT2D eigenvalue weighted by molar-refractivity contribution is 6.16. The average Bonchev–Trinajstić information content (AvgIpc) is 3.50. The van der Waals surface area contributed by atoms with E-state index < -0.39 is 0 Å². The van der Waals surface area contributed by atoms with Crippen LogP contribution in [0.5, 0.6) is 0 Å². The molecule has 0 fully saturated rings. The van der Waals surface area contributed by atoms with Crippen LogP contribution in [0.3, 0.4) is 0 Å². The van der Waals surface area contributed by atoms with Gasteiger partial charge in [-0.1, -0.05) is 86.1 Å². The van der Waals surface area contributed by atoms with E-state index in [1.54, 1.807) is 0 Å². The zero-order chi connectivity index (χ0) is 29.5. The molecule has 1 aliphatic carbocycles. The van der Waals surface area contributed by atoms with Crippen LogP contribution in [-0.2, 0) is 5.41 Å². The molecule has 0 spiro atoms. The van der Waals surface area contributed by atoms with Gasteiger partial charge in [-0.2, -0.15) is 5.26 Å². The summed E-state index contributed by atoms with van der Waals surface area (Å²) in [5, 5.41) is 14.3. The molecule has 206 valence electrons. The van der Waals surface area contributed by atoms with Crippen molar-refractivity contribution in [3.05, 3.63) is 137 Å². The molecule has 0 aliphatic heterocycles. The van der Waals surface area contributed by atoms with Crippen molar-refractivity contribution in [2.75, 3.05) is 4.90 Å². The SMILES string of the molecule is Cc1ccc2c(c1)C(C)(C)c1cc(N(c3ccc(C#N)c(C)c3)c3cccc4oc5ccccc5c34)c3ccccc3c1-2. The highest BCUT2D eigenvalue weighted by Crippen LogP contribution is 2.55. The van der Waals surface area contributed by atoms with E-state index in [0.29, 0.717) is 5.56 Å². The molecule has 0 saturated carbocycles. The second kappa shape index (κ2) is 9.08. The molecule has 1 heterocycles. The Balaban J connectivity index is 1.51. The molecule has 8 rings (SSSR count). The van der Waals surface area contributed by atoms with Crippen LogP contribution in [0, 0.1) is 25.2 Å². The third-order valence-electron chi connectivity index (χ3n) is 9.26. The van der Waals surface area contributed by atoms with Crippen molar-refractivity contribution in [1.29, 1.82) is 5.26 Å². The molecule has 0 atom stereocenters. The summed E-state index contributed by atoms with van der Waals surface area (Å²) >= 11 is 0. The first-order valence-corrected chi connectivity index (χ1v) is 14.8. The van der Waals surface area contributed by atoms with Crippen LogP contribution in [0.2, 0.25) is 0 Å². The third-order valence-corrected chi connectivity index (χ3v) is 9.26. The Kier molecular flexibility index (Phi) is 5.36. The summed E-state index contributed by atoms with van der Waals surface area (Å²) in [5.41, 5.74) is 12.9. The summed E-state index contributed by atoms with van der Waals surface area (Å²) in [7, 11) is 0. The van der Waals surface area contributed by atoms with E-state index in [1.165, 1.54) is 38.6 Å². The van der Waals surface area contributed by atoms with Gasteiger partial charge in [0.15, 0.2) is 0 Å². The number of para-hydroxylation sites is 1. The fraction of sp³-hybridized carbons (Fsp3) is 0.125. The largest absolute Gasteiger partial charge is 0.456 e. The van der Waals surface area contributed by atoms with Crippen LogP contribution >= 0.6 is 0 Å². The molecule has 7 aromatic rings. The summed E-state index contributed by atoms with van der Waals surface area (Å²) in [6.07, 6.45) is 0. The molecular weight excluding hydrogens is 524 g/mol. The average molecular weight is 555 g/mol. The first-order chi connectivity index (χ1) is 20.9. The minimum atomic E-state index is -0.171. The van der Waals surface area contributed by atoms with Crippen molar-refractivity contribution >= 4 is 49.8 Å². The topological polar surface area (TPSA) is 40.2 Å². The van der Waals surface area contributed by atoms with Gasteiger partial charge in [0.2, 0.25) is 0 Å². The van der Waals surface area contributed by atoms with Crippen LogP contribution in [0.25, 0.3) is 43.8 Å². The molecule has 0 amide bonds. The molecule has 0 bridgehead atoms. The molecule has 6 aromatic carbocycles. The van der Waals surface area contributed by atoms with Crippen LogP contribution in [0.15, 0.2) is 114 Å². The van der Waals surface area contributed by atoms with Gasteiger partial charge in [-0.05, 0) is 89.5 Å². The highest BCUT2D eigenvalue weighted by atomic mass is 16.3. The number of aryl methyl sites for hydroxylation is 2. The zero-order valence-electron chi connectivity index (χ0n) is 24.7. The van der Waals surface area contributed by atoms with Crippen molar-refractivity contribution < 1.29 is 4.42 Å². The Morgan fingerprint density at radius 1 is 0.674 bits per heavy atom. The molecule has 43 heavy (non-hydrogen) atoms. The van der Waals surface area contributed by atoms with Crippen molar-refractivity contribution in [2.45, 2.75) is 33.1 Å². The lowest BCUT2D eigenvalue weighted by Crippen LogP contribution is -2.17. The van der Waals surface area contributed by atoms with Crippen molar-refractivity contribution in [3.63, 3.8) is 0 Å². The fourth-order valence-corrected chi connectivity index (χ4v) is 7.13. The molecule has 3 nitrogen and oxygen atoms in total. The monoisotopic (exact) mass is 554 g/mol. The maximum Gasteiger partial charge on any atom is 0.137 e. The first-order valence-electron chi connectivity index (χ1n) is 14.8. The van der Waals surface area contributed by atoms with Gasteiger partial charge in [-0.15, -0.1) is 0 Å². The third kappa shape index (κ3) is 3.60. The van der Waals surface area contributed by atoms with Crippen LogP contribution in [-0.4, -0.2) is 0 Å². The lowest BCUT2D eigenvalue weighted by molar-refractivity contribution is 0.660. The molecule has 1 aliphatic rings. The van der Waals surface area contributed by atoms with E-state index in [9.17, 15) is 5.26 Å². The first kappa shape index (κ1) is 25.4. The maximum absolute atomic E-state index is 9.75. The molecular formula is C40H30N2O. The van der Waals surface area contributed by atoms with Gasteiger partial charge in [0.25, 0.3) is 0 Å². The number of anilines is 3. The summed E-state index contributed by atoms with van der Waals surface area (Å²) in [6.45, 7) is 8.87. The number of hydrogen-bond donors (Lipinski definition) is 0. The van der Waals surface area contributed by atoms with E-state index in [1.807, 2.05) is 31.2 Å². The lowest BCUT2D eigenvalue weighted by Gasteiger charge is -2.30. The van der Waals surface area contributed by atoms with Crippen molar-refractivity contribution in [3.8, 4) is 17.2 Å². The standard InChI is InChI=1S/C40H30N2O/c1-24-16-19-30-32(20-24)40(3,4)33-22-35(28-10-5-6-11-29(28)38(30)33)42(27-18-17-26(23-41)25(2)21-27)34-13-9-15-37-39(34)31-12-7-8-14-36(31)43-37/h5-22H,1-4H3. The second-order valence-electron chi connectivity index (χ2n) is 12.2. The molecule has 0 saturated heterocycles. The minimum Gasteiger partial charge on any atom is -0.456 e. The number of nitrogens with zero attached hydrogens (tertiary/aromatic N) is 2. The van der Waals surface area contributed by atoms with Gasteiger partial charge in [0.05, 0.1) is 28.4 Å². The Morgan fingerprint density at radius 2 is 1.42 bits per heavy atom. The molecule has 1 aromatic heterocycles. The summed E-state index contributed by atoms with van der Waals surface area (Å²) in [6, 6.07) is 41.1. The van der Waals surface area contributed by atoms with Gasteiger partial charge in [-0.3, -0.25) is 0 Å². The van der Waals surface area contributed by atoms with E-state index in [-0.39, 0.29) is 5.41 Å². The van der Waals surface area contributed by atoms with Crippen LogP contribution in [0.4, 0.5) is 17.1 Å². The summed E-state index contributed by atoms with van der Waals surface area (Å²) < 4.78 is 6.35. The number of hydrogen-bond acceptors (Lipinski definition) is 3. The zero-order valence-corrected chi connectivity index (χ0v) is 24.7. The van der Waals surface area contributed by atoms with E-state index in [4.69, 9.17) is 4.42 Å². The molecule has 0 radical (unpaired) electrons. The minimum absolute atomic E-state index is 0.171. The highest BCUT2D eigenvalue weighted by Gasteiger charge is 2.38. The number of furan rings is 1. The Bertz CT molecular complexity index is 2310. The molecule has 0 unspecified atom stereocenters. The Hall–Kier alpha value is -5.33. The number of fused-ring (bicyclic) bond motifs is 8. The van der Waals surface area contributed by atoms with E-state index in [0.717, 1.165) is 44.6 Å². The predicted octanol–water partition coefficient (Wildman–Crippen LogP) is 11.0. The number of nitriles is 1. The van der Waals surface area contributed by atoms with Gasteiger partial charge < -0.3 is 9.32 Å². The number of benzene rings is 6.